The highest BCUT2D eigenvalue weighted by Crippen LogP contribution is 2.23. The molecule has 178 valence electrons. The SMILES string of the molecule is O=C(CSc1nnc(CNC(=O)c2cccc(F)c2)n1-c1ccc(F)cc1)Nc1ccc(F)cc1. The number of thioether (sulfide) groups is 1. The van der Waals surface area contributed by atoms with Crippen molar-refractivity contribution in [2.75, 3.05) is 11.1 Å². The molecule has 0 bridgehead atoms. The highest BCUT2D eigenvalue weighted by Gasteiger charge is 2.17. The maximum absolute atomic E-state index is 13.5. The number of benzene rings is 3. The lowest BCUT2D eigenvalue weighted by Gasteiger charge is -2.11. The van der Waals surface area contributed by atoms with Gasteiger partial charge >= 0.3 is 0 Å². The third-order valence-corrected chi connectivity index (χ3v) is 5.67. The molecule has 7 nitrogen and oxygen atoms in total. The lowest BCUT2D eigenvalue weighted by Crippen LogP contribution is -2.24. The summed E-state index contributed by atoms with van der Waals surface area (Å²) < 4.78 is 41.5. The Morgan fingerprint density at radius 3 is 2.23 bits per heavy atom. The van der Waals surface area contributed by atoms with Gasteiger partial charge in [-0.25, -0.2) is 13.2 Å². The summed E-state index contributed by atoms with van der Waals surface area (Å²) >= 11 is 1.08. The van der Waals surface area contributed by atoms with Crippen molar-refractivity contribution in [3.63, 3.8) is 0 Å². The Hall–Kier alpha value is -4.12. The van der Waals surface area contributed by atoms with Crippen LogP contribution in [0.4, 0.5) is 18.9 Å². The van der Waals surface area contributed by atoms with Gasteiger partial charge in [-0.2, -0.15) is 0 Å². The number of nitrogens with zero attached hydrogens (tertiary/aromatic N) is 3. The molecule has 0 saturated carbocycles. The number of nitrogens with one attached hydrogen (secondary N) is 2. The zero-order valence-electron chi connectivity index (χ0n) is 18.0. The molecule has 4 rings (SSSR count). The summed E-state index contributed by atoms with van der Waals surface area (Å²) in [5.74, 6) is -1.96. The number of halogens is 3. The molecule has 0 spiro atoms. The van der Waals surface area contributed by atoms with Crippen LogP contribution < -0.4 is 10.6 Å². The van der Waals surface area contributed by atoms with E-state index in [0.29, 0.717) is 22.4 Å². The van der Waals surface area contributed by atoms with Crippen molar-refractivity contribution in [1.29, 1.82) is 0 Å². The number of amides is 2. The van der Waals surface area contributed by atoms with Crippen LogP contribution in [0.15, 0.2) is 78.0 Å². The Morgan fingerprint density at radius 2 is 1.54 bits per heavy atom. The van der Waals surface area contributed by atoms with Crippen LogP contribution in [0.25, 0.3) is 5.69 Å². The van der Waals surface area contributed by atoms with Crippen molar-refractivity contribution in [1.82, 2.24) is 20.1 Å². The number of aromatic nitrogens is 3. The lowest BCUT2D eigenvalue weighted by molar-refractivity contribution is -0.113. The van der Waals surface area contributed by atoms with Crippen molar-refractivity contribution in [2.45, 2.75) is 11.7 Å². The van der Waals surface area contributed by atoms with Crippen LogP contribution in [0.5, 0.6) is 0 Å². The number of carbonyl (C=O) groups excluding carboxylic acids is 2. The van der Waals surface area contributed by atoms with Crippen LogP contribution in [0, 0.1) is 17.5 Å². The Bertz CT molecular complexity index is 1340. The molecule has 2 amide bonds. The summed E-state index contributed by atoms with van der Waals surface area (Å²) in [7, 11) is 0. The molecule has 0 atom stereocenters. The van der Waals surface area contributed by atoms with E-state index >= 15 is 0 Å². The monoisotopic (exact) mass is 497 g/mol. The Labute approximate surface area is 202 Å². The van der Waals surface area contributed by atoms with Crippen molar-refractivity contribution in [3.8, 4) is 5.69 Å². The van der Waals surface area contributed by atoms with E-state index < -0.39 is 23.4 Å². The highest BCUT2D eigenvalue weighted by atomic mass is 32.2. The average molecular weight is 498 g/mol. The van der Waals surface area contributed by atoms with Gasteiger partial charge in [0, 0.05) is 16.9 Å². The standard InChI is InChI=1S/C24H18F3N5O2S/c25-16-4-8-19(9-5-16)29-22(33)14-35-24-31-30-21(32(24)20-10-6-17(26)7-11-20)13-28-23(34)15-2-1-3-18(27)12-15/h1-12H,13-14H2,(H,28,34)(H,29,33). The van der Waals surface area contributed by atoms with Gasteiger partial charge in [-0.05, 0) is 66.7 Å². The van der Waals surface area contributed by atoms with Crippen molar-refractivity contribution >= 4 is 29.3 Å². The number of hydrogen-bond acceptors (Lipinski definition) is 5. The molecule has 0 fully saturated rings. The van der Waals surface area contributed by atoms with Crippen molar-refractivity contribution < 1.29 is 22.8 Å². The van der Waals surface area contributed by atoms with Gasteiger partial charge in [0.1, 0.15) is 17.5 Å². The number of hydrogen-bond donors (Lipinski definition) is 2. The van der Waals surface area contributed by atoms with Gasteiger partial charge in [0.25, 0.3) is 5.91 Å². The quantitative estimate of drug-likeness (QED) is 0.354. The largest absolute Gasteiger partial charge is 0.345 e. The first-order valence-corrected chi connectivity index (χ1v) is 11.3. The smallest absolute Gasteiger partial charge is 0.251 e. The molecule has 1 heterocycles. The molecule has 35 heavy (non-hydrogen) atoms. The van der Waals surface area contributed by atoms with Gasteiger partial charge < -0.3 is 10.6 Å². The van der Waals surface area contributed by atoms with Crippen LogP contribution in [-0.4, -0.2) is 32.3 Å². The predicted molar refractivity (Wildman–Crippen MR) is 125 cm³/mol. The first-order valence-electron chi connectivity index (χ1n) is 10.3. The van der Waals surface area contributed by atoms with Gasteiger partial charge in [-0.3, -0.25) is 14.2 Å². The lowest BCUT2D eigenvalue weighted by atomic mass is 10.2. The van der Waals surface area contributed by atoms with Crippen molar-refractivity contribution in [3.05, 3.63) is 102 Å². The maximum atomic E-state index is 13.5. The predicted octanol–water partition coefficient (Wildman–Crippen LogP) is 4.35. The van der Waals surface area contributed by atoms with E-state index in [-0.39, 0.29) is 23.8 Å². The fourth-order valence-corrected chi connectivity index (χ4v) is 3.88. The molecule has 2 N–H and O–H groups in total. The first kappa shape index (κ1) is 24.0. The van der Waals surface area contributed by atoms with Gasteiger partial charge in [0.2, 0.25) is 5.91 Å². The molecular weight excluding hydrogens is 479 g/mol. The molecule has 0 aliphatic heterocycles. The minimum Gasteiger partial charge on any atom is -0.345 e. The van der Waals surface area contributed by atoms with Gasteiger partial charge in [0.15, 0.2) is 11.0 Å². The molecule has 0 radical (unpaired) electrons. The summed E-state index contributed by atoms with van der Waals surface area (Å²) in [6.07, 6.45) is 0. The summed E-state index contributed by atoms with van der Waals surface area (Å²) in [5, 5.41) is 13.9. The maximum Gasteiger partial charge on any atom is 0.251 e. The van der Waals surface area contributed by atoms with E-state index in [0.717, 1.165) is 17.8 Å². The summed E-state index contributed by atoms with van der Waals surface area (Å²) in [6, 6.07) is 16.2. The van der Waals surface area contributed by atoms with Gasteiger partial charge in [-0.15, -0.1) is 10.2 Å². The fraction of sp³-hybridized carbons (Fsp3) is 0.0833. The normalized spacial score (nSPS) is 10.7. The minimum atomic E-state index is -0.537. The van der Waals surface area contributed by atoms with Crippen LogP contribution in [-0.2, 0) is 11.3 Å². The molecule has 3 aromatic carbocycles. The fourth-order valence-electron chi connectivity index (χ4n) is 3.11. The van der Waals surface area contributed by atoms with E-state index in [4.69, 9.17) is 0 Å². The van der Waals surface area contributed by atoms with Crippen LogP contribution in [0.1, 0.15) is 16.2 Å². The summed E-state index contributed by atoms with van der Waals surface area (Å²) in [6.45, 7) is -0.0535. The van der Waals surface area contributed by atoms with Crippen LogP contribution in [0.3, 0.4) is 0 Å². The van der Waals surface area contributed by atoms with E-state index in [1.807, 2.05) is 0 Å². The summed E-state index contributed by atoms with van der Waals surface area (Å²) in [4.78, 5) is 24.8. The van der Waals surface area contributed by atoms with Crippen LogP contribution in [0.2, 0.25) is 0 Å². The van der Waals surface area contributed by atoms with E-state index in [1.54, 1.807) is 4.57 Å². The Morgan fingerprint density at radius 1 is 0.857 bits per heavy atom. The zero-order chi connectivity index (χ0) is 24.8. The van der Waals surface area contributed by atoms with E-state index in [9.17, 15) is 22.8 Å². The third-order valence-electron chi connectivity index (χ3n) is 4.74. The van der Waals surface area contributed by atoms with E-state index in [1.165, 1.54) is 66.7 Å². The first-order chi connectivity index (χ1) is 16.9. The number of anilines is 1. The molecule has 0 aliphatic rings. The topological polar surface area (TPSA) is 88.9 Å². The molecular formula is C24H18F3N5O2S. The highest BCUT2D eigenvalue weighted by molar-refractivity contribution is 7.99. The average Bonchev–Trinajstić information content (AvgIpc) is 3.26. The van der Waals surface area contributed by atoms with Crippen molar-refractivity contribution in [2.24, 2.45) is 0 Å². The molecule has 0 aliphatic carbocycles. The van der Waals surface area contributed by atoms with Crippen LogP contribution >= 0.6 is 11.8 Å². The van der Waals surface area contributed by atoms with E-state index in [2.05, 4.69) is 20.8 Å². The minimum absolute atomic E-state index is 0.0354. The Kier molecular flexibility index (Phi) is 7.46. The third kappa shape index (κ3) is 6.27. The molecule has 1 aromatic heterocycles. The molecule has 11 heteroatoms. The molecule has 4 aromatic rings. The Balaban J connectivity index is 1.49. The zero-order valence-corrected chi connectivity index (χ0v) is 18.9. The number of carbonyl (C=O) groups is 2. The second-order valence-electron chi connectivity index (χ2n) is 7.25. The van der Waals surface area contributed by atoms with Gasteiger partial charge in [0.05, 0.1) is 12.3 Å². The molecule has 0 unspecified atom stereocenters. The summed E-state index contributed by atoms with van der Waals surface area (Å²) in [5.41, 5.74) is 1.11. The second-order valence-corrected chi connectivity index (χ2v) is 8.19. The molecule has 0 saturated heterocycles. The van der Waals surface area contributed by atoms with Gasteiger partial charge in [-0.1, -0.05) is 17.8 Å². The second kappa shape index (κ2) is 10.9. The number of rotatable bonds is 8.